The predicted octanol–water partition coefficient (Wildman–Crippen LogP) is 5.60. The highest BCUT2D eigenvalue weighted by atomic mass is 35.5. The molecule has 35 heavy (non-hydrogen) atoms. The maximum absolute atomic E-state index is 14.3. The molecule has 1 fully saturated rings. The van der Waals surface area contributed by atoms with Gasteiger partial charge in [-0.1, -0.05) is 29.3 Å². The maximum Gasteiger partial charge on any atom is 0.409 e. The molecule has 6 nitrogen and oxygen atoms in total. The average molecular weight is 549 g/mol. The van der Waals surface area contributed by atoms with Gasteiger partial charge in [0.1, 0.15) is 5.60 Å². The minimum absolute atomic E-state index is 0.144. The Hall–Kier alpha value is -2.08. The van der Waals surface area contributed by atoms with Gasteiger partial charge in [0.25, 0.3) is 0 Å². The first-order chi connectivity index (χ1) is 16.5. The van der Waals surface area contributed by atoms with Gasteiger partial charge >= 0.3 is 12.2 Å². The van der Waals surface area contributed by atoms with Crippen LogP contribution in [0, 0.1) is 5.82 Å². The molecule has 1 saturated heterocycles. The molecular formula is C22H18Cl2F4N4O2S. The lowest BCUT2D eigenvalue weighted by Gasteiger charge is -2.47. The van der Waals surface area contributed by atoms with E-state index in [9.17, 15) is 22.4 Å². The number of hydrogen-bond donors (Lipinski definition) is 1. The number of nitrogens with one attached hydrogen (secondary N) is 1. The Bertz CT molecular complexity index is 1230. The highest BCUT2D eigenvalue weighted by Gasteiger charge is 2.60. The van der Waals surface area contributed by atoms with Gasteiger partial charge in [-0.05, 0) is 42.6 Å². The smallest absolute Gasteiger partial charge is 0.360 e. The summed E-state index contributed by atoms with van der Waals surface area (Å²) in [4.78, 5) is 18.2. The molecule has 1 spiro atoms. The van der Waals surface area contributed by atoms with Gasteiger partial charge in [-0.25, -0.2) is 18.6 Å². The summed E-state index contributed by atoms with van der Waals surface area (Å²) in [6.07, 6.45) is -5.26. The summed E-state index contributed by atoms with van der Waals surface area (Å²) in [5.41, 5.74) is 0.909. The van der Waals surface area contributed by atoms with E-state index in [1.807, 2.05) is 6.92 Å². The number of benzene rings is 1. The monoisotopic (exact) mass is 548 g/mol. The van der Waals surface area contributed by atoms with Gasteiger partial charge in [0.05, 0.1) is 46.8 Å². The first-order valence-corrected chi connectivity index (χ1v) is 12.2. The van der Waals surface area contributed by atoms with Crippen molar-refractivity contribution in [2.45, 2.75) is 36.5 Å². The molecule has 5 rings (SSSR count). The van der Waals surface area contributed by atoms with Crippen molar-refractivity contribution >= 4 is 46.9 Å². The van der Waals surface area contributed by atoms with Crippen LogP contribution in [0.5, 0.6) is 0 Å². The number of pyridine rings is 1. The molecule has 3 aliphatic rings. The van der Waals surface area contributed by atoms with Crippen LogP contribution in [0.25, 0.3) is 0 Å². The van der Waals surface area contributed by atoms with Crippen LogP contribution in [0.15, 0.2) is 28.7 Å². The van der Waals surface area contributed by atoms with Crippen molar-refractivity contribution < 1.29 is 27.1 Å². The number of halogens is 6. The Morgan fingerprint density at radius 1 is 1.26 bits per heavy atom. The zero-order valence-corrected chi connectivity index (χ0v) is 20.5. The summed E-state index contributed by atoms with van der Waals surface area (Å²) < 4.78 is 64.4. The Kier molecular flexibility index (Phi) is 5.98. The Morgan fingerprint density at radius 2 is 1.94 bits per heavy atom. The molecule has 1 N–H and O–H groups in total. The molecule has 0 bridgehead atoms. The number of fused-ring (bicyclic) bond motifs is 2. The van der Waals surface area contributed by atoms with E-state index in [0.29, 0.717) is 43.0 Å². The third-order valence-electron chi connectivity index (χ3n) is 6.39. The normalized spacial score (nSPS) is 22.7. The Balaban J connectivity index is 1.40. The number of urea groups is 1. The predicted molar refractivity (Wildman–Crippen MR) is 124 cm³/mol. The number of carbonyl (C=O) groups is 1. The lowest BCUT2D eigenvalue weighted by molar-refractivity contribution is -0.159. The number of ether oxygens (including phenoxy) is 1. The van der Waals surface area contributed by atoms with Crippen molar-refractivity contribution in [3.63, 3.8) is 0 Å². The highest BCUT2D eigenvalue weighted by molar-refractivity contribution is 7.99. The molecule has 4 heterocycles. The van der Waals surface area contributed by atoms with Crippen molar-refractivity contribution in [3.8, 4) is 0 Å². The fourth-order valence-electron chi connectivity index (χ4n) is 4.54. The molecule has 0 radical (unpaired) electrons. The number of likely N-dealkylation sites (tertiary alicyclic amines) is 1. The van der Waals surface area contributed by atoms with Gasteiger partial charge in [-0.15, -0.1) is 0 Å². The van der Waals surface area contributed by atoms with Gasteiger partial charge in [0, 0.05) is 18.5 Å². The second-order valence-electron chi connectivity index (χ2n) is 8.55. The van der Waals surface area contributed by atoms with Gasteiger partial charge in [-0.2, -0.15) is 13.2 Å². The Morgan fingerprint density at radius 3 is 2.57 bits per heavy atom. The van der Waals surface area contributed by atoms with Gasteiger partial charge in [0.2, 0.25) is 0 Å². The van der Waals surface area contributed by atoms with Gasteiger partial charge in [-0.3, -0.25) is 0 Å². The standard InChI is InChI=1S/C22H18Cl2F4N4O2S/c1-2-29-19(33)32-9-20(10-32)12-3-4-15(30-17(12)8-34-20)16-7-21(35-31-16,22(26,27)28)11-5-13(23)18(25)14(24)6-11/h3-6H,2,7-10H2,1H3,(H,29,33). The van der Waals surface area contributed by atoms with Crippen LogP contribution in [-0.4, -0.2) is 47.4 Å². The van der Waals surface area contributed by atoms with E-state index in [0.717, 1.165) is 17.7 Å². The molecule has 1 aromatic carbocycles. The average Bonchev–Trinajstić information content (AvgIpc) is 3.39. The van der Waals surface area contributed by atoms with Crippen LogP contribution in [0.1, 0.15) is 35.9 Å². The van der Waals surface area contributed by atoms with E-state index in [-0.39, 0.29) is 23.9 Å². The van der Waals surface area contributed by atoms with Crippen LogP contribution in [0.4, 0.5) is 22.4 Å². The molecule has 1 unspecified atom stereocenters. The summed E-state index contributed by atoms with van der Waals surface area (Å²) in [5.74, 6) is -0.977. The van der Waals surface area contributed by atoms with Crippen LogP contribution in [0.3, 0.4) is 0 Å². The van der Waals surface area contributed by atoms with Crippen molar-refractivity contribution in [1.82, 2.24) is 15.2 Å². The van der Waals surface area contributed by atoms with Gasteiger partial charge in [0.15, 0.2) is 10.6 Å². The topological polar surface area (TPSA) is 66.8 Å². The summed E-state index contributed by atoms with van der Waals surface area (Å²) >= 11 is 11.9. The third kappa shape index (κ3) is 3.87. The molecule has 186 valence electrons. The van der Waals surface area contributed by atoms with E-state index < -0.39 is 38.8 Å². The van der Waals surface area contributed by atoms with E-state index in [4.69, 9.17) is 27.9 Å². The van der Waals surface area contributed by atoms with Crippen LogP contribution >= 0.6 is 35.1 Å². The van der Waals surface area contributed by atoms with E-state index in [1.165, 1.54) is 0 Å². The van der Waals surface area contributed by atoms with E-state index in [2.05, 4.69) is 14.7 Å². The molecule has 13 heteroatoms. The molecule has 3 aliphatic heterocycles. The molecule has 2 amide bonds. The summed E-state index contributed by atoms with van der Waals surface area (Å²) in [5, 5.41) is 1.75. The first-order valence-electron chi connectivity index (χ1n) is 10.6. The number of nitrogens with zero attached hydrogens (tertiary/aromatic N) is 3. The third-order valence-corrected chi connectivity index (χ3v) is 8.17. The maximum atomic E-state index is 14.3. The van der Waals surface area contributed by atoms with Crippen molar-refractivity contribution in [2.75, 3.05) is 19.6 Å². The SMILES string of the molecule is CCNC(=O)N1CC2(C1)OCc1nc(C3=NSC(c4cc(Cl)c(F)c(Cl)c4)(C(F)(F)F)C3)ccc12. The van der Waals surface area contributed by atoms with Gasteiger partial charge < -0.3 is 15.0 Å². The van der Waals surface area contributed by atoms with Crippen molar-refractivity contribution in [2.24, 2.45) is 4.40 Å². The van der Waals surface area contributed by atoms with Crippen LogP contribution in [-0.2, 0) is 21.7 Å². The van der Waals surface area contributed by atoms with E-state index >= 15 is 0 Å². The lowest BCUT2D eigenvalue weighted by atomic mass is 9.86. The lowest BCUT2D eigenvalue weighted by Crippen LogP contribution is -2.63. The number of rotatable bonds is 3. The van der Waals surface area contributed by atoms with Crippen LogP contribution < -0.4 is 5.32 Å². The molecule has 0 saturated carbocycles. The minimum Gasteiger partial charge on any atom is -0.360 e. The molecule has 1 atom stereocenters. The zero-order chi connectivity index (χ0) is 25.2. The fourth-order valence-corrected chi connectivity index (χ4v) is 5.98. The fraction of sp³-hybridized carbons (Fsp3) is 0.409. The largest absolute Gasteiger partial charge is 0.409 e. The second-order valence-corrected chi connectivity index (χ2v) is 10.4. The zero-order valence-electron chi connectivity index (χ0n) is 18.2. The summed E-state index contributed by atoms with van der Waals surface area (Å²) in [6.45, 7) is 3.26. The van der Waals surface area contributed by atoms with Crippen LogP contribution in [0.2, 0.25) is 10.0 Å². The minimum atomic E-state index is -4.73. The first kappa shape index (κ1) is 24.6. The van der Waals surface area contributed by atoms with Crippen molar-refractivity contribution in [3.05, 3.63) is 62.6 Å². The highest BCUT2D eigenvalue weighted by Crippen LogP contribution is 2.57. The number of alkyl halides is 3. The summed E-state index contributed by atoms with van der Waals surface area (Å²) in [7, 11) is 0. The molecule has 2 aromatic rings. The number of amides is 2. The van der Waals surface area contributed by atoms with Crippen molar-refractivity contribution in [1.29, 1.82) is 0 Å². The number of aromatic nitrogens is 1. The summed E-state index contributed by atoms with van der Waals surface area (Å²) in [6, 6.07) is 5.08. The number of carbonyl (C=O) groups excluding carboxylic acids is 1. The quantitative estimate of drug-likeness (QED) is 0.308. The molecule has 0 aliphatic carbocycles. The number of hydrogen-bond acceptors (Lipinski definition) is 5. The Labute approximate surface area is 212 Å². The molecular weight excluding hydrogens is 531 g/mol. The second kappa shape index (κ2) is 8.50. The van der Waals surface area contributed by atoms with E-state index in [1.54, 1.807) is 17.0 Å². The molecule has 1 aromatic heterocycles.